The van der Waals surface area contributed by atoms with Crippen LogP contribution in [0.5, 0.6) is 5.75 Å². The first-order valence-electron chi connectivity index (χ1n) is 9.07. The van der Waals surface area contributed by atoms with Crippen molar-refractivity contribution in [3.63, 3.8) is 0 Å². The number of hydrogen-bond donors (Lipinski definition) is 3. The Labute approximate surface area is 147 Å². The van der Waals surface area contributed by atoms with Gasteiger partial charge in [-0.25, -0.2) is 4.79 Å². The van der Waals surface area contributed by atoms with Crippen LogP contribution in [0.1, 0.15) is 12.5 Å². The van der Waals surface area contributed by atoms with E-state index in [1.54, 1.807) is 11.0 Å². The minimum Gasteiger partial charge on any atom is -0.491 e. The number of fused-ring (bicyclic) bond motifs is 1. The summed E-state index contributed by atoms with van der Waals surface area (Å²) in [6, 6.07) is 6.92. The van der Waals surface area contributed by atoms with Gasteiger partial charge in [-0.2, -0.15) is 0 Å². The highest BCUT2D eigenvalue weighted by atomic mass is 16.5. The molecule has 1 aliphatic heterocycles. The average molecular weight is 348 g/mol. The van der Waals surface area contributed by atoms with Gasteiger partial charge in [0.15, 0.2) is 0 Å². The van der Waals surface area contributed by atoms with Crippen molar-refractivity contribution in [3.05, 3.63) is 40.2 Å². The van der Waals surface area contributed by atoms with Crippen LogP contribution in [0.4, 0.5) is 0 Å². The number of hydrogen-bond acceptors (Lipinski definition) is 4. The van der Waals surface area contributed by atoms with E-state index in [0.717, 1.165) is 24.0 Å². The van der Waals surface area contributed by atoms with Gasteiger partial charge < -0.3 is 24.1 Å². The maximum Gasteiger partial charge on any atom is 0.336 e. The smallest absolute Gasteiger partial charge is 0.336 e. The molecule has 0 bridgehead atoms. The zero-order valence-corrected chi connectivity index (χ0v) is 15.0. The second-order valence-electron chi connectivity index (χ2n) is 6.93. The highest BCUT2D eigenvalue weighted by Gasteiger charge is 2.24. The number of benzene rings is 1. The quantitative estimate of drug-likeness (QED) is 0.565. The molecule has 0 spiro atoms. The van der Waals surface area contributed by atoms with Crippen LogP contribution in [0.3, 0.4) is 0 Å². The van der Waals surface area contributed by atoms with Crippen LogP contribution >= 0.6 is 0 Å². The second-order valence-corrected chi connectivity index (χ2v) is 6.93. The summed E-state index contributed by atoms with van der Waals surface area (Å²) in [6.07, 6.45) is -0.501. The number of piperazine rings is 1. The molecular weight excluding hydrogens is 320 g/mol. The predicted molar refractivity (Wildman–Crippen MR) is 95.5 cm³/mol. The van der Waals surface area contributed by atoms with E-state index >= 15 is 0 Å². The van der Waals surface area contributed by atoms with Crippen molar-refractivity contribution in [2.24, 2.45) is 0 Å². The second kappa shape index (κ2) is 7.99. The molecular formula is C19H28N2O4+2. The first-order chi connectivity index (χ1) is 12.0. The van der Waals surface area contributed by atoms with E-state index in [0.29, 0.717) is 17.9 Å². The van der Waals surface area contributed by atoms with E-state index in [1.165, 1.54) is 30.6 Å². The van der Waals surface area contributed by atoms with Crippen molar-refractivity contribution >= 4 is 11.0 Å². The van der Waals surface area contributed by atoms with Crippen LogP contribution in [-0.2, 0) is 0 Å². The fraction of sp³-hybridized carbons (Fsp3) is 0.526. The summed E-state index contributed by atoms with van der Waals surface area (Å²) in [7, 11) is 0. The normalized spacial score (nSPS) is 22.0. The van der Waals surface area contributed by atoms with Crippen molar-refractivity contribution in [3.8, 4) is 5.75 Å². The molecule has 2 aromatic rings. The molecule has 0 unspecified atom stereocenters. The molecule has 1 fully saturated rings. The molecule has 0 saturated carbocycles. The van der Waals surface area contributed by atoms with Gasteiger partial charge in [-0.15, -0.1) is 0 Å². The Hall–Kier alpha value is -1.89. The SMILES string of the molecule is CC[NH+]1CC[NH+](C[C@H](O)COc2ccc3c(C)cc(=O)oc3c2)CC1. The minimum atomic E-state index is -0.501. The summed E-state index contributed by atoms with van der Waals surface area (Å²) < 4.78 is 10.9. The summed E-state index contributed by atoms with van der Waals surface area (Å²) in [5.41, 5.74) is 1.04. The summed E-state index contributed by atoms with van der Waals surface area (Å²) in [4.78, 5) is 14.6. The van der Waals surface area contributed by atoms with Crippen LogP contribution in [0.15, 0.2) is 33.5 Å². The number of rotatable bonds is 6. The number of ether oxygens (including phenoxy) is 1. The lowest BCUT2D eigenvalue weighted by molar-refractivity contribution is -1.01. The van der Waals surface area contributed by atoms with Gasteiger partial charge in [-0.05, 0) is 31.5 Å². The fourth-order valence-electron chi connectivity index (χ4n) is 3.49. The minimum absolute atomic E-state index is 0.245. The highest BCUT2D eigenvalue weighted by molar-refractivity contribution is 5.81. The summed E-state index contributed by atoms with van der Waals surface area (Å²) >= 11 is 0. The largest absolute Gasteiger partial charge is 0.491 e. The molecule has 1 aliphatic rings. The van der Waals surface area contributed by atoms with Gasteiger partial charge in [0.25, 0.3) is 0 Å². The third-order valence-electron chi connectivity index (χ3n) is 5.05. The van der Waals surface area contributed by atoms with E-state index in [-0.39, 0.29) is 12.2 Å². The van der Waals surface area contributed by atoms with Crippen molar-refractivity contribution in [2.75, 3.05) is 45.9 Å². The Balaban J connectivity index is 1.54. The molecule has 1 aromatic heterocycles. The van der Waals surface area contributed by atoms with Crippen LogP contribution in [-0.4, -0.2) is 57.1 Å². The number of quaternary nitrogens is 2. The maximum atomic E-state index is 11.5. The molecule has 136 valence electrons. The van der Waals surface area contributed by atoms with Gasteiger partial charge in [0.2, 0.25) is 0 Å². The zero-order valence-electron chi connectivity index (χ0n) is 15.0. The first-order valence-corrected chi connectivity index (χ1v) is 9.07. The number of aliphatic hydroxyl groups excluding tert-OH is 1. The average Bonchev–Trinajstić information content (AvgIpc) is 2.60. The third kappa shape index (κ3) is 4.60. The summed E-state index contributed by atoms with van der Waals surface area (Å²) in [6.45, 7) is 10.8. The molecule has 0 amide bonds. The van der Waals surface area contributed by atoms with Gasteiger partial charge >= 0.3 is 5.63 Å². The van der Waals surface area contributed by atoms with Gasteiger partial charge in [0.05, 0.1) is 6.54 Å². The maximum absolute atomic E-state index is 11.5. The Morgan fingerprint density at radius 1 is 1.20 bits per heavy atom. The van der Waals surface area contributed by atoms with Crippen molar-refractivity contribution in [1.82, 2.24) is 0 Å². The molecule has 25 heavy (non-hydrogen) atoms. The van der Waals surface area contributed by atoms with Crippen molar-refractivity contribution in [2.45, 2.75) is 20.0 Å². The van der Waals surface area contributed by atoms with E-state index in [9.17, 15) is 9.90 Å². The monoisotopic (exact) mass is 348 g/mol. The van der Waals surface area contributed by atoms with E-state index in [4.69, 9.17) is 9.15 Å². The number of aryl methyl sites for hydroxylation is 1. The molecule has 1 atom stereocenters. The molecule has 1 saturated heterocycles. The molecule has 1 aromatic carbocycles. The molecule has 6 nitrogen and oxygen atoms in total. The molecule has 2 heterocycles. The van der Waals surface area contributed by atoms with Crippen molar-refractivity contribution in [1.29, 1.82) is 0 Å². The van der Waals surface area contributed by atoms with Crippen molar-refractivity contribution < 1.29 is 24.1 Å². The lowest BCUT2D eigenvalue weighted by Gasteiger charge is -2.30. The Morgan fingerprint density at radius 2 is 1.92 bits per heavy atom. The number of likely N-dealkylation sites (N-methyl/N-ethyl adjacent to an activating group) is 1. The van der Waals surface area contributed by atoms with Crippen LogP contribution in [0, 0.1) is 6.92 Å². The Kier molecular flexibility index (Phi) is 5.73. The van der Waals surface area contributed by atoms with Crippen LogP contribution in [0.25, 0.3) is 11.0 Å². The first kappa shape index (κ1) is 17.9. The highest BCUT2D eigenvalue weighted by Crippen LogP contribution is 2.22. The Bertz CT molecular complexity index is 766. The van der Waals surface area contributed by atoms with Crippen LogP contribution in [0.2, 0.25) is 0 Å². The molecule has 3 N–H and O–H groups in total. The van der Waals surface area contributed by atoms with Gasteiger partial charge in [-0.1, -0.05) is 0 Å². The third-order valence-corrected chi connectivity index (χ3v) is 5.05. The standard InChI is InChI=1S/C19H26N2O4/c1-3-20-6-8-21(9-7-20)12-15(22)13-24-16-4-5-17-14(2)10-19(23)25-18(17)11-16/h4-5,10-11,15,22H,3,6-9,12-13H2,1-2H3/p+2/t15-/m0/s1. The lowest BCUT2D eigenvalue weighted by Crippen LogP contribution is -3.28. The molecule has 0 radical (unpaired) electrons. The number of nitrogens with one attached hydrogen (secondary N) is 2. The fourth-order valence-corrected chi connectivity index (χ4v) is 3.49. The van der Waals surface area contributed by atoms with E-state index in [2.05, 4.69) is 6.92 Å². The predicted octanol–water partition coefficient (Wildman–Crippen LogP) is -1.36. The molecule has 3 rings (SSSR count). The van der Waals surface area contributed by atoms with Crippen LogP contribution < -0.4 is 20.2 Å². The Morgan fingerprint density at radius 3 is 2.64 bits per heavy atom. The summed E-state index contributed by atoms with van der Waals surface area (Å²) in [5.74, 6) is 0.607. The summed E-state index contributed by atoms with van der Waals surface area (Å²) in [5, 5.41) is 11.2. The van der Waals surface area contributed by atoms with Gasteiger partial charge in [0.1, 0.15) is 56.8 Å². The zero-order chi connectivity index (χ0) is 17.8. The van der Waals surface area contributed by atoms with E-state index in [1.807, 2.05) is 19.1 Å². The number of aliphatic hydroxyl groups is 1. The molecule has 0 aliphatic carbocycles. The van der Waals surface area contributed by atoms with Gasteiger partial charge in [-0.3, -0.25) is 0 Å². The van der Waals surface area contributed by atoms with Gasteiger partial charge in [0, 0.05) is 17.5 Å². The topological polar surface area (TPSA) is 68.6 Å². The van der Waals surface area contributed by atoms with E-state index < -0.39 is 6.10 Å². The molecule has 6 heteroatoms. The lowest BCUT2D eigenvalue weighted by atomic mass is 10.1.